The van der Waals surface area contributed by atoms with Crippen LogP contribution in [0.1, 0.15) is 110 Å². The lowest BCUT2D eigenvalue weighted by Crippen LogP contribution is -2.62. The van der Waals surface area contributed by atoms with Crippen molar-refractivity contribution in [3.63, 3.8) is 0 Å². The summed E-state index contributed by atoms with van der Waals surface area (Å²) in [7, 11) is 1.75. The highest BCUT2D eigenvalue weighted by Crippen LogP contribution is 2.40. The molecular weight excluding hydrogens is 438 g/mol. The van der Waals surface area contributed by atoms with Crippen molar-refractivity contribution >= 4 is 17.7 Å². The average molecular weight is 486 g/mol. The molecule has 1 N–H and O–H groups in total. The summed E-state index contributed by atoms with van der Waals surface area (Å²) in [5.41, 5.74) is 0.593. The number of nitrogens with zero attached hydrogens (tertiary/aromatic N) is 2. The van der Waals surface area contributed by atoms with Gasteiger partial charge in [-0.05, 0) is 58.3 Å². The minimum atomic E-state index is -0.715. The summed E-state index contributed by atoms with van der Waals surface area (Å²) in [5.74, 6) is -0.279. The van der Waals surface area contributed by atoms with Gasteiger partial charge in [-0.1, -0.05) is 63.0 Å². The number of allylic oxidation sites excluding steroid dienone is 1. The van der Waals surface area contributed by atoms with Crippen LogP contribution in [-0.2, 0) is 9.59 Å². The third-order valence-electron chi connectivity index (χ3n) is 9.35. The lowest BCUT2D eigenvalue weighted by Gasteiger charge is -2.45. The summed E-state index contributed by atoms with van der Waals surface area (Å²) in [6.45, 7) is 2.94. The van der Waals surface area contributed by atoms with E-state index in [1.165, 1.54) is 69.1 Å². The molecule has 2 unspecified atom stereocenters. The molecule has 4 rings (SSSR count). The first-order chi connectivity index (χ1) is 16.8. The second-order valence-corrected chi connectivity index (χ2v) is 12.0. The predicted molar refractivity (Wildman–Crippen MR) is 139 cm³/mol. The van der Waals surface area contributed by atoms with Crippen molar-refractivity contribution in [2.24, 2.45) is 11.3 Å². The fourth-order valence-electron chi connectivity index (χ4n) is 7.00. The predicted octanol–water partition coefficient (Wildman–Crippen LogP) is 5.61. The topological polar surface area (TPSA) is 69.7 Å². The van der Waals surface area contributed by atoms with Gasteiger partial charge in [0.1, 0.15) is 0 Å². The van der Waals surface area contributed by atoms with Gasteiger partial charge in [-0.2, -0.15) is 0 Å². The Bertz CT molecular complexity index is 800. The van der Waals surface area contributed by atoms with E-state index in [-0.39, 0.29) is 35.7 Å². The van der Waals surface area contributed by atoms with Crippen LogP contribution >= 0.6 is 0 Å². The molecule has 4 aliphatic rings. The number of piperidine rings is 1. The smallest absolute Gasteiger partial charge is 0.326 e. The minimum absolute atomic E-state index is 0.0287. The second-order valence-electron chi connectivity index (χ2n) is 12.0. The monoisotopic (exact) mass is 485 g/mol. The molecule has 2 aliphatic carbocycles. The van der Waals surface area contributed by atoms with E-state index in [0.717, 1.165) is 44.1 Å². The van der Waals surface area contributed by atoms with Crippen molar-refractivity contribution in [3.05, 3.63) is 11.6 Å². The Morgan fingerprint density at radius 3 is 2.20 bits per heavy atom. The highest BCUT2D eigenvalue weighted by atomic mass is 16.2. The Morgan fingerprint density at radius 2 is 1.63 bits per heavy atom. The summed E-state index contributed by atoms with van der Waals surface area (Å²) in [6.07, 6.45) is 21.2. The van der Waals surface area contributed by atoms with E-state index in [0.29, 0.717) is 13.1 Å². The van der Waals surface area contributed by atoms with E-state index >= 15 is 0 Å². The van der Waals surface area contributed by atoms with Gasteiger partial charge in [-0.3, -0.25) is 14.5 Å². The van der Waals surface area contributed by atoms with Gasteiger partial charge in [0.05, 0.1) is 12.0 Å². The van der Waals surface area contributed by atoms with Gasteiger partial charge in [0.15, 0.2) is 5.78 Å². The Kier molecular flexibility index (Phi) is 8.72. The maximum absolute atomic E-state index is 13.6. The third-order valence-corrected chi connectivity index (χ3v) is 9.35. The molecule has 0 aromatic rings. The van der Waals surface area contributed by atoms with Crippen LogP contribution in [-0.4, -0.2) is 59.7 Å². The number of hydrogen-bond acceptors (Lipinski definition) is 4. The maximum atomic E-state index is 13.6. The molecular formula is C29H47N3O3. The normalized spacial score (nSPS) is 31.1. The molecule has 2 aliphatic heterocycles. The van der Waals surface area contributed by atoms with Crippen molar-refractivity contribution in [1.82, 2.24) is 15.1 Å². The number of carbonyl (C=O) groups excluding carboxylic acids is 3. The van der Waals surface area contributed by atoms with E-state index < -0.39 is 5.41 Å². The number of Topliss-reactive ketones (excluding diaryl/α,β-unsaturated/α-hetero) is 1. The van der Waals surface area contributed by atoms with Crippen LogP contribution in [0.3, 0.4) is 0 Å². The Morgan fingerprint density at radius 1 is 0.971 bits per heavy atom. The van der Waals surface area contributed by atoms with Crippen LogP contribution in [0.2, 0.25) is 0 Å². The summed E-state index contributed by atoms with van der Waals surface area (Å²) in [6, 6.07) is -0.333. The fourth-order valence-corrected chi connectivity index (χ4v) is 7.00. The first-order valence-electron chi connectivity index (χ1n) is 14.4. The number of imide groups is 1. The van der Waals surface area contributed by atoms with E-state index in [1.807, 2.05) is 6.92 Å². The largest absolute Gasteiger partial charge is 0.326 e. The van der Waals surface area contributed by atoms with E-state index in [2.05, 4.69) is 11.4 Å². The maximum Gasteiger partial charge on any atom is 0.326 e. The Hall–Kier alpha value is -1.69. The molecule has 196 valence electrons. The summed E-state index contributed by atoms with van der Waals surface area (Å²) >= 11 is 0. The van der Waals surface area contributed by atoms with E-state index in [1.54, 1.807) is 11.9 Å². The summed E-state index contributed by atoms with van der Waals surface area (Å²) in [4.78, 5) is 42.8. The van der Waals surface area contributed by atoms with Crippen LogP contribution < -0.4 is 5.32 Å². The molecule has 3 fully saturated rings. The highest BCUT2D eigenvalue weighted by molar-refractivity contribution is 6.04. The number of ketones is 1. The first kappa shape index (κ1) is 26.4. The molecule has 1 saturated carbocycles. The second kappa shape index (κ2) is 11.6. The molecule has 1 spiro atoms. The minimum Gasteiger partial charge on any atom is -0.326 e. The van der Waals surface area contributed by atoms with Crippen molar-refractivity contribution in [1.29, 1.82) is 0 Å². The number of rotatable bonds is 4. The number of nitrogens with one attached hydrogen (secondary N) is 1. The van der Waals surface area contributed by atoms with Gasteiger partial charge in [-0.25, -0.2) is 4.79 Å². The summed E-state index contributed by atoms with van der Waals surface area (Å²) in [5, 5.41) is 3.81. The molecule has 6 nitrogen and oxygen atoms in total. The average Bonchev–Trinajstić information content (AvgIpc) is 2.92. The SMILES string of the molecule is CN1CC(C)(C2=CCCCC2)C(=O)N(CC(=O)C2CCC3(CCCCCCCCCC3)NC2)C1=O. The molecule has 2 atom stereocenters. The molecule has 2 heterocycles. The van der Waals surface area contributed by atoms with E-state index in [9.17, 15) is 14.4 Å². The zero-order valence-corrected chi connectivity index (χ0v) is 22.2. The van der Waals surface area contributed by atoms with Crippen LogP contribution in [0.5, 0.6) is 0 Å². The van der Waals surface area contributed by atoms with Crippen LogP contribution in [0, 0.1) is 11.3 Å². The standard InChI is InChI=1S/C29H47N3O3/c1-28(24-14-10-9-11-15-24)22-31(2)27(35)32(26(28)34)21-25(33)23-16-19-29(30-20-23)17-12-7-5-3-4-6-8-13-18-29/h14,23,30H,3-13,15-22H2,1-2H3. The zero-order valence-electron chi connectivity index (χ0n) is 22.2. The molecule has 0 bridgehead atoms. The molecule has 6 heteroatoms. The van der Waals surface area contributed by atoms with Crippen molar-refractivity contribution < 1.29 is 14.4 Å². The van der Waals surface area contributed by atoms with Crippen LogP contribution in [0.25, 0.3) is 0 Å². The molecule has 0 aromatic heterocycles. The quantitative estimate of drug-likeness (QED) is 0.526. The molecule has 0 aromatic carbocycles. The van der Waals surface area contributed by atoms with Crippen LogP contribution in [0.15, 0.2) is 11.6 Å². The number of amides is 3. The molecule has 2 saturated heterocycles. The molecule has 3 amide bonds. The third kappa shape index (κ3) is 6.00. The highest BCUT2D eigenvalue weighted by Gasteiger charge is 2.49. The van der Waals surface area contributed by atoms with Crippen molar-refractivity contribution in [2.75, 3.05) is 26.7 Å². The lowest BCUT2D eigenvalue weighted by molar-refractivity contribution is -0.143. The first-order valence-corrected chi connectivity index (χ1v) is 14.4. The summed E-state index contributed by atoms with van der Waals surface area (Å²) < 4.78 is 0. The van der Waals surface area contributed by atoms with Crippen molar-refractivity contribution in [3.8, 4) is 0 Å². The van der Waals surface area contributed by atoms with Gasteiger partial charge in [0.25, 0.3) is 0 Å². The number of carbonyl (C=O) groups is 3. The number of urea groups is 1. The van der Waals surface area contributed by atoms with Gasteiger partial charge >= 0.3 is 6.03 Å². The van der Waals surface area contributed by atoms with Gasteiger partial charge in [0, 0.05) is 31.6 Å². The van der Waals surface area contributed by atoms with Crippen molar-refractivity contribution in [2.45, 2.75) is 115 Å². The Balaban J connectivity index is 1.38. The van der Waals surface area contributed by atoms with Gasteiger partial charge < -0.3 is 10.2 Å². The molecule has 0 radical (unpaired) electrons. The van der Waals surface area contributed by atoms with E-state index in [4.69, 9.17) is 0 Å². The van der Waals surface area contributed by atoms with Crippen LogP contribution in [0.4, 0.5) is 4.79 Å². The van der Waals surface area contributed by atoms with Gasteiger partial charge in [-0.15, -0.1) is 0 Å². The number of hydrogen-bond donors (Lipinski definition) is 1. The Labute approximate surface area is 212 Å². The fraction of sp³-hybridized carbons (Fsp3) is 0.828. The zero-order chi connectivity index (χ0) is 24.9. The lowest BCUT2D eigenvalue weighted by atomic mass is 9.74. The van der Waals surface area contributed by atoms with Gasteiger partial charge in [0.2, 0.25) is 5.91 Å². The molecule has 35 heavy (non-hydrogen) atoms.